The fourth-order valence-corrected chi connectivity index (χ4v) is 9.65. The van der Waals surface area contributed by atoms with E-state index in [0.29, 0.717) is 12.2 Å². The summed E-state index contributed by atoms with van der Waals surface area (Å²) in [5.41, 5.74) is 4.28. The molecule has 1 aliphatic heterocycles. The van der Waals surface area contributed by atoms with Crippen LogP contribution in [0, 0.1) is 5.41 Å². The maximum absolute atomic E-state index is 12.7. The van der Waals surface area contributed by atoms with E-state index in [1.54, 1.807) is 0 Å². The van der Waals surface area contributed by atoms with Gasteiger partial charge in [0.15, 0.2) is 22.8 Å². The number of nitrogens with two attached hydrogens (primary N) is 1. The van der Waals surface area contributed by atoms with E-state index in [4.69, 9.17) is 19.5 Å². The van der Waals surface area contributed by atoms with E-state index in [2.05, 4.69) is 65.6 Å². The number of amides is 2. The van der Waals surface area contributed by atoms with Crippen LogP contribution in [0.4, 0.5) is 5.82 Å². The number of phosphoric ester groups is 3. The second-order valence-corrected chi connectivity index (χ2v) is 21.0. The molecule has 0 aromatic carbocycles. The van der Waals surface area contributed by atoms with Gasteiger partial charge in [-0.25, -0.2) is 28.6 Å². The van der Waals surface area contributed by atoms with Crippen molar-refractivity contribution in [2.24, 2.45) is 5.41 Å². The van der Waals surface area contributed by atoms with Crippen molar-refractivity contribution in [1.29, 1.82) is 0 Å². The van der Waals surface area contributed by atoms with Crippen LogP contribution in [-0.4, -0.2) is 123 Å². The van der Waals surface area contributed by atoms with Crippen LogP contribution in [0.2, 0.25) is 0 Å². The summed E-state index contributed by atoms with van der Waals surface area (Å²) in [7, 11) is -16.4. The molecule has 10 N–H and O–H groups in total. The Balaban J connectivity index is 1.33. The summed E-state index contributed by atoms with van der Waals surface area (Å²) in [4.78, 5) is 88.2. The van der Waals surface area contributed by atoms with E-state index in [1.165, 1.54) is 13.8 Å². The second kappa shape index (κ2) is 27.1. The lowest BCUT2D eigenvalue weighted by Gasteiger charge is -2.30. The van der Waals surface area contributed by atoms with Gasteiger partial charge < -0.3 is 50.9 Å². The number of imidazole rings is 1. The van der Waals surface area contributed by atoms with Crippen LogP contribution >= 0.6 is 35.2 Å². The van der Waals surface area contributed by atoms with Gasteiger partial charge in [0.2, 0.25) is 11.8 Å². The number of unbranched alkanes of at least 4 members (excludes halogenated alkanes) is 6. The van der Waals surface area contributed by atoms with Crippen LogP contribution in [0.25, 0.3) is 11.2 Å². The first-order valence-electron chi connectivity index (χ1n) is 20.9. The molecular formula is C37H62N7O17P3S. The molecule has 0 spiro atoms. The number of carbonyl (C=O) groups is 3. The standard InChI is InChI=1S/C37H62N7O17P3S/c1-4-5-6-7-8-9-10-11-12-13-14-15-16-17-28(46)65-21-20-39-27(45)18-19-40-35(49)32(48)37(2,3)23-58-64(55,56)61-63(53,54)57-22-26-31(60-62(50,51)52)30(47)36(59-26)44-25-43-29-33(38)41-24-42-34(29)44/h6-7,9-10,24-26,30-32,36,47-48H,4-5,8,11-23H2,1-3H3,(H,39,45)(H,40,49)(H,53,54)(H,55,56)(H2,38,41,42)(H2,50,51,52)/b7-6+,10-9-/t26-,30-,31-,32+,36-/m1/s1. The molecule has 0 saturated carbocycles. The number of anilines is 1. The van der Waals surface area contributed by atoms with Gasteiger partial charge in [-0.1, -0.05) is 82.5 Å². The number of hydrogen-bond acceptors (Lipinski definition) is 18. The van der Waals surface area contributed by atoms with Crippen molar-refractivity contribution in [3.63, 3.8) is 0 Å². The average molecular weight is 1000 g/mol. The van der Waals surface area contributed by atoms with Gasteiger partial charge in [0.1, 0.15) is 36.3 Å². The minimum atomic E-state index is -5.58. The van der Waals surface area contributed by atoms with Gasteiger partial charge in [-0.15, -0.1) is 0 Å². The summed E-state index contributed by atoms with van der Waals surface area (Å²) in [5, 5.41) is 26.6. The molecule has 7 atom stereocenters. The highest BCUT2D eigenvalue weighted by Crippen LogP contribution is 2.61. The molecule has 3 rings (SSSR count). The van der Waals surface area contributed by atoms with E-state index >= 15 is 0 Å². The summed E-state index contributed by atoms with van der Waals surface area (Å²) >= 11 is 1.14. The number of rotatable bonds is 31. The smallest absolute Gasteiger partial charge is 0.386 e. The number of nitrogens with zero attached hydrogens (tertiary/aromatic N) is 4. The summed E-state index contributed by atoms with van der Waals surface area (Å²) in [5.74, 6) is -1.05. The van der Waals surface area contributed by atoms with Crippen LogP contribution < -0.4 is 16.4 Å². The number of ether oxygens (including phenoxy) is 1. The topological polar surface area (TPSA) is 364 Å². The Hall–Kier alpha value is -2.96. The molecule has 2 amide bonds. The normalized spacial score (nSPS) is 20.6. The number of aromatic nitrogens is 4. The Morgan fingerprint density at radius 3 is 2.32 bits per heavy atom. The predicted octanol–water partition coefficient (Wildman–Crippen LogP) is 3.70. The van der Waals surface area contributed by atoms with Gasteiger partial charge in [0.25, 0.3) is 0 Å². The molecule has 24 nitrogen and oxygen atoms in total. The molecule has 65 heavy (non-hydrogen) atoms. The minimum Gasteiger partial charge on any atom is -0.386 e. The number of carbonyl (C=O) groups excluding carboxylic acids is 3. The lowest BCUT2D eigenvalue weighted by Crippen LogP contribution is -2.46. The molecule has 1 fully saturated rings. The van der Waals surface area contributed by atoms with E-state index in [9.17, 15) is 57.9 Å². The number of nitrogen functional groups attached to an aromatic ring is 1. The van der Waals surface area contributed by atoms with E-state index < -0.39 is 84.6 Å². The molecule has 0 bridgehead atoms. The average Bonchev–Trinajstić information content (AvgIpc) is 3.79. The zero-order chi connectivity index (χ0) is 48.3. The number of phosphoric acid groups is 3. The molecule has 0 aliphatic carbocycles. The Morgan fingerprint density at radius 1 is 0.938 bits per heavy atom. The highest BCUT2D eigenvalue weighted by molar-refractivity contribution is 8.13. The first-order chi connectivity index (χ1) is 30.6. The molecule has 2 aromatic heterocycles. The van der Waals surface area contributed by atoms with Crippen molar-refractivity contribution < 1.29 is 80.5 Å². The van der Waals surface area contributed by atoms with Gasteiger partial charge >= 0.3 is 23.5 Å². The van der Waals surface area contributed by atoms with Crippen LogP contribution in [0.3, 0.4) is 0 Å². The van der Waals surface area contributed by atoms with Gasteiger partial charge in [-0.2, -0.15) is 4.31 Å². The van der Waals surface area contributed by atoms with Gasteiger partial charge in [-0.3, -0.25) is 32.5 Å². The van der Waals surface area contributed by atoms with Gasteiger partial charge in [0.05, 0.1) is 19.5 Å². The number of hydrogen-bond donors (Lipinski definition) is 9. The highest BCUT2D eigenvalue weighted by atomic mass is 32.2. The summed E-state index contributed by atoms with van der Waals surface area (Å²) in [6.07, 6.45) is 11.8. The third-order valence-corrected chi connectivity index (χ3v) is 13.6. The van der Waals surface area contributed by atoms with Crippen molar-refractivity contribution in [3.8, 4) is 0 Å². The maximum Gasteiger partial charge on any atom is 0.481 e. The van der Waals surface area contributed by atoms with Crippen molar-refractivity contribution >= 4 is 69.1 Å². The molecule has 2 unspecified atom stereocenters. The fraction of sp³-hybridized carbons (Fsp3) is 0.676. The van der Waals surface area contributed by atoms with Crippen molar-refractivity contribution in [3.05, 3.63) is 37.0 Å². The third-order valence-electron chi connectivity index (χ3n) is 9.58. The van der Waals surface area contributed by atoms with E-state index in [-0.39, 0.29) is 41.6 Å². The Morgan fingerprint density at radius 2 is 1.62 bits per heavy atom. The van der Waals surface area contributed by atoms with Crippen LogP contribution in [-0.2, 0) is 50.7 Å². The van der Waals surface area contributed by atoms with Gasteiger partial charge in [0, 0.05) is 37.1 Å². The molecule has 1 aliphatic rings. The first-order valence-corrected chi connectivity index (χ1v) is 26.4. The first kappa shape index (κ1) is 56.4. The number of fused-ring (bicyclic) bond motifs is 1. The minimum absolute atomic E-state index is 0.0320. The lowest BCUT2D eigenvalue weighted by atomic mass is 9.87. The highest BCUT2D eigenvalue weighted by Gasteiger charge is 2.50. The number of nitrogens with one attached hydrogen (secondary N) is 2. The summed E-state index contributed by atoms with van der Waals surface area (Å²) in [6.45, 7) is 2.71. The summed E-state index contributed by atoms with van der Waals surface area (Å²) in [6, 6.07) is 0. The number of aliphatic hydroxyl groups is 2. The molecule has 3 heterocycles. The number of aliphatic hydroxyl groups excluding tert-OH is 2. The number of allylic oxidation sites excluding steroid dienone is 4. The molecule has 0 radical (unpaired) electrons. The zero-order valence-corrected chi connectivity index (χ0v) is 40.0. The zero-order valence-electron chi connectivity index (χ0n) is 36.5. The monoisotopic (exact) mass is 1000 g/mol. The SMILES string of the molecule is CCC/C=C/C/C=C\CCCCCCCC(=O)SCCNC(=O)CCNC(=O)[C@H](O)C(C)(C)COP(=O)(O)OP(=O)(O)OC[C@H]1O[C@@H](n2cnc3c(N)ncnc32)[C@H](O)[C@@H]1OP(=O)(O)O. The van der Waals surface area contributed by atoms with Crippen molar-refractivity contribution in [2.45, 2.75) is 122 Å². The third kappa shape index (κ3) is 20.4. The lowest BCUT2D eigenvalue weighted by molar-refractivity contribution is -0.137. The Bertz CT molecular complexity index is 2050. The van der Waals surface area contributed by atoms with Gasteiger partial charge in [-0.05, 0) is 32.1 Å². The largest absolute Gasteiger partial charge is 0.481 e. The molecule has 28 heteroatoms. The fourth-order valence-electron chi connectivity index (χ4n) is 6.10. The van der Waals surface area contributed by atoms with Crippen LogP contribution in [0.1, 0.15) is 97.6 Å². The van der Waals surface area contributed by atoms with Crippen LogP contribution in [0.5, 0.6) is 0 Å². The second-order valence-electron chi connectivity index (χ2n) is 15.6. The Labute approximate surface area is 381 Å². The quantitative estimate of drug-likeness (QED) is 0.0295. The summed E-state index contributed by atoms with van der Waals surface area (Å²) < 4.78 is 62.4. The van der Waals surface area contributed by atoms with Crippen molar-refractivity contribution in [2.75, 3.05) is 37.8 Å². The maximum atomic E-state index is 12.7. The number of thioether (sulfide) groups is 1. The van der Waals surface area contributed by atoms with Crippen LogP contribution in [0.15, 0.2) is 37.0 Å². The predicted molar refractivity (Wildman–Crippen MR) is 237 cm³/mol. The molecule has 368 valence electrons. The molecule has 2 aromatic rings. The Kier molecular flexibility index (Phi) is 23.5. The molecule has 1 saturated heterocycles. The molecular weight excluding hydrogens is 939 g/mol. The van der Waals surface area contributed by atoms with E-state index in [0.717, 1.165) is 86.8 Å². The van der Waals surface area contributed by atoms with E-state index in [1.807, 2.05) is 0 Å². The van der Waals surface area contributed by atoms with Crippen molar-refractivity contribution in [1.82, 2.24) is 30.2 Å².